The maximum atomic E-state index is 12.5. The van der Waals surface area contributed by atoms with E-state index in [1.807, 2.05) is 38.1 Å². The summed E-state index contributed by atoms with van der Waals surface area (Å²) in [6.07, 6.45) is 3.78. The summed E-state index contributed by atoms with van der Waals surface area (Å²) >= 11 is 6.44. The number of hydrogen-bond acceptors (Lipinski definition) is 8. The van der Waals surface area contributed by atoms with Crippen LogP contribution in [0.1, 0.15) is 49.3 Å². The number of hydrogen-bond donors (Lipinski definition) is 4. The summed E-state index contributed by atoms with van der Waals surface area (Å²) in [5.41, 5.74) is 4.17. The van der Waals surface area contributed by atoms with Crippen LogP contribution in [0.5, 0.6) is 5.75 Å². The fourth-order valence-electron chi connectivity index (χ4n) is 5.57. The average Bonchev–Trinajstić information content (AvgIpc) is 3.17. The molecule has 0 radical (unpaired) electrons. The average molecular weight is 551 g/mol. The highest BCUT2D eigenvalue weighted by atomic mass is 35.5. The molecule has 39 heavy (non-hydrogen) atoms. The van der Waals surface area contributed by atoms with Crippen molar-refractivity contribution < 1.29 is 14.6 Å². The Balaban J connectivity index is 1.31. The highest BCUT2D eigenvalue weighted by molar-refractivity contribution is 6.32. The molecule has 0 bridgehead atoms. The molecule has 1 unspecified atom stereocenters. The number of anilines is 4. The number of carbonyl (C=O) groups is 1. The first kappa shape index (κ1) is 27.2. The van der Waals surface area contributed by atoms with Gasteiger partial charge in [0.1, 0.15) is 10.8 Å². The molecule has 3 aromatic rings. The Kier molecular flexibility index (Phi) is 7.93. The van der Waals surface area contributed by atoms with E-state index in [1.165, 1.54) is 5.56 Å². The van der Waals surface area contributed by atoms with Gasteiger partial charge in [-0.1, -0.05) is 29.8 Å². The zero-order valence-electron chi connectivity index (χ0n) is 22.6. The van der Waals surface area contributed by atoms with Gasteiger partial charge in [0.25, 0.3) is 0 Å². The quantitative estimate of drug-likeness (QED) is 0.298. The number of ether oxygens (including phenoxy) is 1. The third-order valence-corrected chi connectivity index (χ3v) is 7.92. The van der Waals surface area contributed by atoms with Gasteiger partial charge in [-0.15, -0.1) is 0 Å². The van der Waals surface area contributed by atoms with Crippen molar-refractivity contribution >= 4 is 40.6 Å². The zero-order valence-corrected chi connectivity index (χ0v) is 23.3. The van der Waals surface area contributed by atoms with Crippen LogP contribution in [0, 0.1) is 0 Å². The number of piperidine rings is 1. The lowest BCUT2D eigenvalue weighted by Crippen LogP contribution is -2.36. The van der Waals surface area contributed by atoms with Crippen molar-refractivity contribution in [1.29, 1.82) is 0 Å². The number of nitrogens with zero attached hydrogens (tertiary/aromatic N) is 3. The first-order chi connectivity index (χ1) is 18.8. The van der Waals surface area contributed by atoms with E-state index >= 15 is 0 Å². The molecular weight excluding hydrogens is 516 g/mol. The van der Waals surface area contributed by atoms with Gasteiger partial charge >= 0.3 is 0 Å². The number of carbonyl (C=O) groups excluding carboxylic acids is 1. The van der Waals surface area contributed by atoms with Crippen molar-refractivity contribution in [2.75, 3.05) is 49.3 Å². The van der Waals surface area contributed by atoms with E-state index in [4.69, 9.17) is 16.3 Å². The standard InChI is InChI=1S/C29H35ClN6O3/c1-29(2)25-19(6-4-8-23(25)33-27(29)38)15-31-26-21(30)16-32-28(35-26)34-22-10-9-18(14-24(22)39-3)20-7-5-11-36(17-20)12-13-37/h4,6,8-10,14,16,20,37H,5,7,11-13,15,17H2,1-3H3,(H,33,38)(H2,31,32,34,35). The Hall–Kier alpha value is -3.40. The number of aromatic nitrogens is 2. The minimum Gasteiger partial charge on any atom is -0.495 e. The highest BCUT2D eigenvalue weighted by Crippen LogP contribution is 2.40. The van der Waals surface area contributed by atoms with Crippen LogP contribution >= 0.6 is 11.6 Å². The van der Waals surface area contributed by atoms with E-state index in [1.54, 1.807) is 13.3 Å². The summed E-state index contributed by atoms with van der Waals surface area (Å²) in [6, 6.07) is 12.0. The Morgan fingerprint density at radius 1 is 1.28 bits per heavy atom. The van der Waals surface area contributed by atoms with Gasteiger partial charge in [0.2, 0.25) is 11.9 Å². The van der Waals surface area contributed by atoms with Crippen molar-refractivity contribution in [3.63, 3.8) is 0 Å². The second-order valence-corrected chi connectivity index (χ2v) is 11.0. The van der Waals surface area contributed by atoms with Crippen LogP contribution in [0.2, 0.25) is 5.02 Å². The smallest absolute Gasteiger partial charge is 0.234 e. The molecule has 1 amide bonds. The SMILES string of the molecule is COc1cc(C2CCCN(CCO)C2)ccc1Nc1ncc(Cl)c(NCc2cccc3c2C(C)(C)C(=O)N3)n1. The van der Waals surface area contributed by atoms with Crippen molar-refractivity contribution in [3.05, 3.63) is 64.3 Å². The predicted octanol–water partition coefficient (Wildman–Crippen LogP) is 4.90. The number of amides is 1. The molecule has 0 saturated carbocycles. The van der Waals surface area contributed by atoms with Gasteiger partial charge in [-0.25, -0.2) is 4.98 Å². The minimum absolute atomic E-state index is 0.0116. The van der Waals surface area contributed by atoms with E-state index in [-0.39, 0.29) is 12.5 Å². The van der Waals surface area contributed by atoms with E-state index in [2.05, 4.69) is 43.0 Å². The van der Waals surface area contributed by atoms with Crippen molar-refractivity contribution in [3.8, 4) is 5.75 Å². The maximum Gasteiger partial charge on any atom is 0.234 e. The topological polar surface area (TPSA) is 112 Å². The molecule has 10 heteroatoms. The van der Waals surface area contributed by atoms with Crippen LogP contribution in [0.4, 0.5) is 23.1 Å². The van der Waals surface area contributed by atoms with Gasteiger partial charge < -0.3 is 30.7 Å². The molecule has 2 aromatic carbocycles. The molecule has 206 valence electrons. The first-order valence-electron chi connectivity index (χ1n) is 13.3. The van der Waals surface area contributed by atoms with Crippen LogP contribution in [-0.4, -0.2) is 59.2 Å². The molecule has 1 atom stereocenters. The molecule has 0 spiro atoms. The van der Waals surface area contributed by atoms with Gasteiger partial charge in [-0.3, -0.25) is 4.79 Å². The van der Waals surface area contributed by atoms with E-state index in [0.717, 1.165) is 48.4 Å². The molecule has 1 fully saturated rings. The number of likely N-dealkylation sites (tertiary alicyclic amines) is 1. The predicted molar refractivity (Wildman–Crippen MR) is 154 cm³/mol. The summed E-state index contributed by atoms with van der Waals surface area (Å²) in [6.45, 7) is 7.14. The van der Waals surface area contributed by atoms with E-state index in [9.17, 15) is 9.90 Å². The number of benzene rings is 2. The van der Waals surface area contributed by atoms with Crippen LogP contribution < -0.4 is 20.7 Å². The number of β-amino-alcohol motifs (C(OH)–C–C–N with tert-alkyl or cyclic N) is 1. The number of aliphatic hydroxyl groups excluding tert-OH is 1. The van der Waals surface area contributed by atoms with Gasteiger partial charge in [0.15, 0.2) is 5.82 Å². The van der Waals surface area contributed by atoms with Crippen molar-refractivity contribution in [2.45, 2.75) is 44.6 Å². The lowest BCUT2D eigenvalue weighted by atomic mass is 9.83. The normalized spacial score (nSPS) is 18.4. The molecule has 3 heterocycles. The molecule has 5 rings (SSSR count). The van der Waals surface area contributed by atoms with E-state index in [0.29, 0.717) is 41.5 Å². The summed E-state index contributed by atoms with van der Waals surface area (Å²) in [7, 11) is 1.65. The number of fused-ring (bicyclic) bond motifs is 1. The van der Waals surface area contributed by atoms with Gasteiger partial charge in [-0.05, 0) is 74.0 Å². The van der Waals surface area contributed by atoms with Gasteiger partial charge in [0.05, 0.1) is 31.0 Å². The molecule has 1 aromatic heterocycles. The van der Waals surface area contributed by atoms with Crippen LogP contribution in [0.3, 0.4) is 0 Å². The Labute approximate surface area is 233 Å². The number of aliphatic hydroxyl groups is 1. The third kappa shape index (κ3) is 5.66. The first-order valence-corrected chi connectivity index (χ1v) is 13.7. The molecule has 4 N–H and O–H groups in total. The van der Waals surface area contributed by atoms with Crippen molar-refractivity contribution in [1.82, 2.24) is 14.9 Å². The van der Waals surface area contributed by atoms with Gasteiger partial charge in [0, 0.05) is 25.3 Å². The molecule has 2 aliphatic heterocycles. The Morgan fingerprint density at radius 2 is 2.13 bits per heavy atom. The molecule has 0 aliphatic carbocycles. The molecule has 1 saturated heterocycles. The lowest BCUT2D eigenvalue weighted by Gasteiger charge is -2.32. The number of nitrogens with one attached hydrogen (secondary N) is 3. The van der Waals surface area contributed by atoms with Crippen LogP contribution in [0.25, 0.3) is 0 Å². The summed E-state index contributed by atoms with van der Waals surface area (Å²) in [5, 5.41) is 19.3. The van der Waals surface area contributed by atoms with Crippen molar-refractivity contribution in [2.24, 2.45) is 0 Å². The van der Waals surface area contributed by atoms with Gasteiger partial charge in [-0.2, -0.15) is 4.98 Å². The monoisotopic (exact) mass is 550 g/mol. The molecular formula is C29H35ClN6O3. The summed E-state index contributed by atoms with van der Waals surface area (Å²) < 4.78 is 5.71. The van der Waals surface area contributed by atoms with E-state index < -0.39 is 5.41 Å². The zero-order chi connectivity index (χ0) is 27.6. The lowest BCUT2D eigenvalue weighted by molar-refractivity contribution is -0.119. The summed E-state index contributed by atoms with van der Waals surface area (Å²) in [5.74, 6) is 1.96. The third-order valence-electron chi connectivity index (χ3n) is 7.65. The maximum absolute atomic E-state index is 12.5. The Morgan fingerprint density at radius 3 is 2.92 bits per heavy atom. The second-order valence-electron chi connectivity index (χ2n) is 10.6. The Bertz CT molecular complexity index is 1360. The second kappa shape index (κ2) is 11.4. The highest BCUT2D eigenvalue weighted by Gasteiger charge is 2.39. The minimum atomic E-state index is -0.618. The van der Waals surface area contributed by atoms with Crippen LogP contribution in [0.15, 0.2) is 42.6 Å². The molecule has 9 nitrogen and oxygen atoms in total. The fraction of sp³-hybridized carbons (Fsp3) is 0.414. The number of rotatable bonds is 9. The summed E-state index contributed by atoms with van der Waals surface area (Å²) in [4.78, 5) is 23.7. The molecule has 2 aliphatic rings. The fourth-order valence-corrected chi connectivity index (χ4v) is 5.73. The number of methoxy groups -OCH3 is 1. The number of halogens is 1. The van der Waals surface area contributed by atoms with Crippen LogP contribution in [-0.2, 0) is 16.8 Å². The largest absolute Gasteiger partial charge is 0.495 e.